The second-order valence-electron chi connectivity index (χ2n) is 7.44. The first kappa shape index (κ1) is 23.5. The van der Waals surface area contributed by atoms with Crippen LogP contribution in [0.1, 0.15) is 24.3 Å². The first-order chi connectivity index (χ1) is 14.5. The van der Waals surface area contributed by atoms with Crippen LogP contribution in [0, 0.1) is 9.39 Å². The van der Waals surface area contributed by atoms with Crippen molar-refractivity contribution in [2.45, 2.75) is 38.5 Å². The number of rotatable bonds is 7. The van der Waals surface area contributed by atoms with E-state index in [4.69, 9.17) is 10.5 Å². The van der Waals surface area contributed by atoms with E-state index >= 15 is 0 Å². The van der Waals surface area contributed by atoms with Gasteiger partial charge in [0.1, 0.15) is 18.1 Å². The predicted octanol–water partition coefficient (Wildman–Crippen LogP) is 0.577. The minimum atomic E-state index is -1.21. The molecule has 1 aliphatic heterocycles. The molecule has 10 nitrogen and oxygen atoms in total. The summed E-state index contributed by atoms with van der Waals surface area (Å²) in [4.78, 5) is 26.8. The van der Waals surface area contributed by atoms with E-state index in [9.17, 15) is 24.2 Å². The predicted molar refractivity (Wildman–Crippen MR) is 118 cm³/mol. The van der Waals surface area contributed by atoms with E-state index in [0.717, 1.165) is 10.7 Å². The van der Waals surface area contributed by atoms with E-state index in [2.05, 4.69) is 10.4 Å². The van der Waals surface area contributed by atoms with Crippen LogP contribution in [-0.4, -0.2) is 61.8 Å². The maximum atomic E-state index is 14.3. The minimum absolute atomic E-state index is 0.000332. The number of nitrogens with two attached hydrogens (primary N) is 1. The maximum Gasteiger partial charge on any atom is 0.276 e. The number of halogens is 2. The second kappa shape index (κ2) is 9.16. The molecule has 1 saturated heterocycles. The number of carbonyl (C=O) groups is 1. The lowest BCUT2D eigenvalue weighted by atomic mass is 9.87. The van der Waals surface area contributed by atoms with E-state index in [1.807, 2.05) is 22.6 Å². The molecule has 3 rings (SSSR count). The summed E-state index contributed by atoms with van der Waals surface area (Å²) in [6, 6.07) is 4.99. The van der Waals surface area contributed by atoms with Gasteiger partial charge in [-0.15, -0.1) is 0 Å². The first-order valence-corrected chi connectivity index (χ1v) is 10.5. The molecule has 12 heteroatoms. The van der Waals surface area contributed by atoms with Gasteiger partial charge in [0.25, 0.3) is 11.5 Å². The number of ether oxygens (including phenoxy) is 1. The molecule has 2 heterocycles. The summed E-state index contributed by atoms with van der Waals surface area (Å²) < 4.78 is 20.9. The van der Waals surface area contributed by atoms with E-state index in [1.54, 1.807) is 13.0 Å². The van der Waals surface area contributed by atoms with Crippen LogP contribution in [0.4, 0.5) is 15.8 Å². The van der Waals surface area contributed by atoms with Crippen molar-refractivity contribution in [3.05, 3.63) is 49.7 Å². The molecule has 2 aromatic rings. The maximum absolute atomic E-state index is 14.3. The zero-order valence-electron chi connectivity index (χ0n) is 16.9. The van der Waals surface area contributed by atoms with Gasteiger partial charge in [-0.2, -0.15) is 5.10 Å². The van der Waals surface area contributed by atoms with Crippen molar-refractivity contribution in [1.29, 1.82) is 0 Å². The molecule has 2 atom stereocenters. The van der Waals surface area contributed by atoms with Gasteiger partial charge in [-0.25, -0.2) is 9.07 Å². The van der Waals surface area contributed by atoms with Crippen LogP contribution < -0.4 is 16.6 Å². The molecule has 1 amide bonds. The lowest BCUT2D eigenvalue weighted by molar-refractivity contribution is -0.116. The summed E-state index contributed by atoms with van der Waals surface area (Å²) in [5, 5.41) is 26.5. The fourth-order valence-electron chi connectivity index (χ4n) is 2.95. The third-order valence-corrected chi connectivity index (χ3v) is 5.57. The molecule has 1 aromatic carbocycles. The number of anilines is 2. The van der Waals surface area contributed by atoms with Crippen molar-refractivity contribution in [3.63, 3.8) is 0 Å². The van der Waals surface area contributed by atoms with Crippen LogP contribution >= 0.6 is 22.6 Å². The summed E-state index contributed by atoms with van der Waals surface area (Å²) in [6.07, 6.45) is -1.15. The number of aliphatic hydroxyl groups is 2. The molecular formula is C19H23FIN5O5. The smallest absolute Gasteiger partial charge is 0.276 e. The SMILES string of the molecule is CC(O)OCn1nc(C(=O)N2CC(O)([C@H](C)N)C2)c(Nc2ccc(I)cc2F)cc1=O. The van der Waals surface area contributed by atoms with Crippen LogP contribution in [0.25, 0.3) is 0 Å². The lowest BCUT2D eigenvalue weighted by Gasteiger charge is -2.48. The summed E-state index contributed by atoms with van der Waals surface area (Å²) in [6.45, 7) is 2.60. The second-order valence-corrected chi connectivity index (χ2v) is 8.69. The Labute approximate surface area is 190 Å². The van der Waals surface area contributed by atoms with E-state index < -0.39 is 41.9 Å². The number of carbonyl (C=O) groups excluding carboxylic acids is 1. The summed E-state index contributed by atoms with van der Waals surface area (Å²) in [7, 11) is 0. The number of hydrogen-bond acceptors (Lipinski definition) is 8. The van der Waals surface area contributed by atoms with Gasteiger partial charge >= 0.3 is 0 Å². The molecule has 0 spiro atoms. The van der Waals surface area contributed by atoms with Crippen molar-refractivity contribution in [3.8, 4) is 0 Å². The molecule has 5 N–H and O–H groups in total. The average molecular weight is 547 g/mol. The zero-order chi connectivity index (χ0) is 22.9. The third-order valence-electron chi connectivity index (χ3n) is 4.90. The summed E-state index contributed by atoms with van der Waals surface area (Å²) >= 11 is 1.96. The Kier molecular flexibility index (Phi) is 6.95. The highest BCUT2D eigenvalue weighted by Crippen LogP contribution is 2.28. The van der Waals surface area contributed by atoms with E-state index in [0.29, 0.717) is 3.57 Å². The minimum Gasteiger partial charge on any atom is -0.385 e. The Bertz CT molecular complexity index is 1040. The first-order valence-electron chi connectivity index (χ1n) is 9.41. The van der Waals surface area contributed by atoms with E-state index in [1.165, 1.54) is 24.0 Å². The van der Waals surface area contributed by atoms with Crippen molar-refractivity contribution < 1.29 is 24.1 Å². The fraction of sp³-hybridized carbons (Fsp3) is 0.421. The van der Waals surface area contributed by atoms with Crippen LogP contribution in [0.5, 0.6) is 0 Å². The monoisotopic (exact) mass is 547 g/mol. The number of amides is 1. The standard InChI is InChI=1S/C19H23FIN5O5/c1-10(22)19(30)7-25(8-19)18(29)17-15(23-14-4-3-12(21)5-13(14)20)6-16(28)26(24-17)9-31-11(2)27/h3-6,10-11,23,27,30H,7-9,22H2,1-2H3/t10-,11?/m0/s1. The fourth-order valence-corrected chi connectivity index (χ4v) is 3.40. The molecular weight excluding hydrogens is 524 g/mol. The van der Waals surface area contributed by atoms with Gasteiger partial charge in [-0.3, -0.25) is 9.59 Å². The zero-order valence-corrected chi connectivity index (χ0v) is 19.0. The van der Waals surface area contributed by atoms with Crippen molar-refractivity contribution >= 4 is 39.9 Å². The largest absolute Gasteiger partial charge is 0.385 e. The third kappa shape index (κ3) is 5.20. The highest BCUT2D eigenvalue weighted by Gasteiger charge is 2.47. The van der Waals surface area contributed by atoms with Crippen LogP contribution in [0.3, 0.4) is 0 Å². The molecule has 1 unspecified atom stereocenters. The quantitative estimate of drug-likeness (QED) is 0.291. The summed E-state index contributed by atoms with van der Waals surface area (Å²) in [5.41, 5.74) is 3.82. The molecule has 0 aliphatic carbocycles. The Morgan fingerprint density at radius 3 is 2.65 bits per heavy atom. The molecule has 31 heavy (non-hydrogen) atoms. The molecule has 168 valence electrons. The Balaban J connectivity index is 1.96. The molecule has 0 bridgehead atoms. The highest BCUT2D eigenvalue weighted by atomic mass is 127. The van der Waals surface area contributed by atoms with Crippen molar-refractivity contribution in [2.75, 3.05) is 18.4 Å². The molecule has 1 aromatic heterocycles. The lowest BCUT2D eigenvalue weighted by Crippen LogP contribution is -2.70. The van der Waals surface area contributed by atoms with Crippen LogP contribution in [0.15, 0.2) is 29.1 Å². The number of nitrogens with one attached hydrogen (secondary N) is 1. The number of β-amino-alcohol motifs (C(OH)–C–C–N with tert-alkyl or cyclic N) is 1. The Morgan fingerprint density at radius 1 is 1.39 bits per heavy atom. The summed E-state index contributed by atoms with van der Waals surface area (Å²) in [5.74, 6) is -1.15. The average Bonchev–Trinajstić information content (AvgIpc) is 2.66. The normalized spacial score (nSPS) is 17.1. The van der Waals surface area contributed by atoms with Crippen molar-refractivity contribution in [2.24, 2.45) is 5.73 Å². The van der Waals surface area contributed by atoms with Gasteiger partial charge < -0.3 is 30.9 Å². The van der Waals surface area contributed by atoms with Gasteiger partial charge in [0.2, 0.25) is 0 Å². The van der Waals surface area contributed by atoms with Gasteiger partial charge in [0.05, 0.1) is 24.5 Å². The molecule has 1 fully saturated rings. The van der Waals surface area contributed by atoms with Gasteiger partial charge in [-0.1, -0.05) is 0 Å². The molecule has 0 radical (unpaired) electrons. The Morgan fingerprint density at radius 2 is 2.06 bits per heavy atom. The number of nitrogens with zero attached hydrogens (tertiary/aromatic N) is 3. The van der Waals surface area contributed by atoms with Crippen molar-refractivity contribution in [1.82, 2.24) is 14.7 Å². The van der Waals surface area contributed by atoms with Gasteiger partial charge in [0, 0.05) is 15.7 Å². The van der Waals surface area contributed by atoms with Gasteiger partial charge in [-0.05, 0) is 54.6 Å². The van der Waals surface area contributed by atoms with E-state index in [-0.39, 0.29) is 30.2 Å². The Hall–Kier alpha value is -2.13. The highest BCUT2D eigenvalue weighted by molar-refractivity contribution is 14.1. The molecule has 0 saturated carbocycles. The number of benzene rings is 1. The molecule has 1 aliphatic rings. The topological polar surface area (TPSA) is 143 Å². The van der Waals surface area contributed by atoms with Crippen LogP contribution in [-0.2, 0) is 11.5 Å². The number of likely N-dealkylation sites (tertiary alicyclic amines) is 1. The van der Waals surface area contributed by atoms with Gasteiger partial charge in [0.15, 0.2) is 12.0 Å². The number of aliphatic hydroxyl groups excluding tert-OH is 1. The number of hydrogen-bond donors (Lipinski definition) is 4. The number of aromatic nitrogens is 2. The van der Waals surface area contributed by atoms with Crippen LogP contribution in [0.2, 0.25) is 0 Å².